The molecule has 1 amide bonds. The normalized spacial score (nSPS) is 14.8. The van der Waals surface area contributed by atoms with Gasteiger partial charge in [-0.1, -0.05) is 18.2 Å². The number of hydrogen-bond donors (Lipinski definition) is 1. The first-order chi connectivity index (χ1) is 10.7. The first-order valence-electron chi connectivity index (χ1n) is 7.07. The molecule has 2 aromatic carbocycles. The Labute approximate surface area is 134 Å². The molecule has 3 nitrogen and oxygen atoms in total. The third-order valence-corrected chi connectivity index (χ3v) is 3.84. The fourth-order valence-electron chi connectivity index (χ4n) is 2.54. The molecule has 0 aliphatic carbocycles. The summed E-state index contributed by atoms with van der Waals surface area (Å²) >= 11 is 5.80. The van der Waals surface area contributed by atoms with Gasteiger partial charge >= 0.3 is 0 Å². The SMILES string of the molecule is COc1cccc(C=C2C(=O)Nc3ccc(CCCl)cc32)c1. The number of anilines is 1. The quantitative estimate of drug-likeness (QED) is 0.685. The molecule has 0 bridgehead atoms. The van der Waals surface area contributed by atoms with E-state index in [1.807, 2.05) is 48.5 Å². The van der Waals surface area contributed by atoms with E-state index in [1.54, 1.807) is 7.11 Å². The second-order valence-electron chi connectivity index (χ2n) is 5.11. The number of carbonyl (C=O) groups is 1. The van der Waals surface area contributed by atoms with Crippen molar-refractivity contribution in [1.29, 1.82) is 0 Å². The van der Waals surface area contributed by atoms with Gasteiger partial charge in [0.25, 0.3) is 5.91 Å². The van der Waals surface area contributed by atoms with E-state index in [9.17, 15) is 4.79 Å². The van der Waals surface area contributed by atoms with Crippen molar-refractivity contribution in [3.05, 3.63) is 59.2 Å². The largest absolute Gasteiger partial charge is 0.497 e. The zero-order valence-electron chi connectivity index (χ0n) is 12.2. The lowest BCUT2D eigenvalue weighted by atomic mass is 10.0. The Balaban J connectivity index is 2.02. The first kappa shape index (κ1) is 14.7. The smallest absolute Gasteiger partial charge is 0.256 e. The number of halogens is 1. The summed E-state index contributed by atoms with van der Waals surface area (Å²) in [5.41, 5.74) is 4.49. The van der Waals surface area contributed by atoms with E-state index < -0.39 is 0 Å². The van der Waals surface area contributed by atoms with Crippen molar-refractivity contribution >= 4 is 34.8 Å². The van der Waals surface area contributed by atoms with Crippen LogP contribution in [0.4, 0.5) is 5.69 Å². The second-order valence-corrected chi connectivity index (χ2v) is 5.49. The molecule has 0 radical (unpaired) electrons. The van der Waals surface area contributed by atoms with Crippen LogP contribution in [-0.4, -0.2) is 18.9 Å². The molecule has 1 aliphatic rings. The summed E-state index contributed by atoms with van der Waals surface area (Å²) in [5.74, 6) is 1.25. The van der Waals surface area contributed by atoms with E-state index in [2.05, 4.69) is 5.32 Å². The van der Waals surface area contributed by atoms with Gasteiger partial charge in [-0.05, 0) is 47.9 Å². The predicted octanol–water partition coefficient (Wildman–Crippen LogP) is 3.97. The van der Waals surface area contributed by atoms with Crippen molar-refractivity contribution in [3.8, 4) is 5.75 Å². The van der Waals surface area contributed by atoms with Crippen LogP contribution in [0.1, 0.15) is 16.7 Å². The van der Waals surface area contributed by atoms with Gasteiger partial charge in [-0.25, -0.2) is 0 Å². The first-order valence-corrected chi connectivity index (χ1v) is 7.61. The van der Waals surface area contributed by atoms with Crippen LogP contribution in [0.25, 0.3) is 11.6 Å². The van der Waals surface area contributed by atoms with E-state index in [-0.39, 0.29) is 5.91 Å². The van der Waals surface area contributed by atoms with E-state index in [0.717, 1.165) is 34.5 Å². The molecule has 0 saturated heterocycles. The molecule has 22 heavy (non-hydrogen) atoms. The fourth-order valence-corrected chi connectivity index (χ4v) is 2.76. The van der Waals surface area contributed by atoms with Crippen molar-refractivity contribution < 1.29 is 9.53 Å². The van der Waals surface area contributed by atoms with Crippen LogP contribution < -0.4 is 10.1 Å². The number of hydrogen-bond acceptors (Lipinski definition) is 2. The molecule has 0 aromatic heterocycles. The average molecular weight is 314 g/mol. The summed E-state index contributed by atoms with van der Waals surface area (Å²) in [6.07, 6.45) is 2.67. The highest BCUT2D eigenvalue weighted by Gasteiger charge is 2.24. The maximum absolute atomic E-state index is 12.2. The third kappa shape index (κ3) is 2.85. The molecule has 0 saturated carbocycles. The summed E-state index contributed by atoms with van der Waals surface area (Å²) < 4.78 is 5.22. The monoisotopic (exact) mass is 313 g/mol. The van der Waals surface area contributed by atoms with E-state index in [4.69, 9.17) is 16.3 Å². The molecule has 2 aromatic rings. The molecule has 1 heterocycles. The predicted molar refractivity (Wildman–Crippen MR) is 90.4 cm³/mol. The zero-order chi connectivity index (χ0) is 15.5. The number of methoxy groups -OCH3 is 1. The van der Waals surface area contributed by atoms with E-state index >= 15 is 0 Å². The van der Waals surface area contributed by atoms with Crippen LogP contribution in [0.15, 0.2) is 42.5 Å². The number of nitrogens with one attached hydrogen (secondary N) is 1. The van der Waals surface area contributed by atoms with Gasteiger partial charge in [0.2, 0.25) is 0 Å². The van der Waals surface area contributed by atoms with Crippen molar-refractivity contribution in [2.45, 2.75) is 6.42 Å². The minimum atomic E-state index is -0.0826. The minimum Gasteiger partial charge on any atom is -0.497 e. The lowest BCUT2D eigenvalue weighted by Gasteiger charge is -2.04. The van der Waals surface area contributed by atoms with Gasteiger partial charge in [0.05, 0.1) is 7.11 Å². The van der Waals surface area contributed by atoms with Gasteiger partial charge in [-0.15, -0.1) is 11.6 Å². The number of ether oxygens (including phenoxy) is 1. The standard InChI is InChI=1S/C18H16ClNO2/c1-22-14-4-2-3-13(9-14)11-16-15-10-12(7-8-19)5-6-17(15)20-18(16)21/h2-6,9-11H,7-8H2,1H3,(H,20,21). The number of carbonyl (C=O) groups excluding carboxylic acids is 1. The second kappa shape index (κ2) is 6.24. The number of aryl methyl sites for hydroxylation is 1. The molecular formula is C18H16ClNO2. The molecule has 0 unspecified atom stereocenters. The van der Waals surface area contributed by atoms with Crippen LogP contribution in [0, 0.1) is 0 Å². The van der Waals surface area contributed by atoms with E-state index in [0.29, 0.717) is 11.5 Å². The fraction of sp³-hybridized carbons (Fsp3) is 0.167. The maximum atomic E-state index is 12.2. The highest BCUT2D eigenvalue weighted by atomic mass is 35.5. The highest BCUT2D eigenvalue weighted by Crippen LogP contribution is 2.34. The molecule has 4 heteroatoms. The molecule has 3 rings (SSSR count). The molecule has 1 N–H and O–H groups in total. The van der Waals surface area contributed by atoms with E-state index in [1.165, 1.54) is 0 Å². The molecular weight excluding hydrogens is 298 g/mol. The Bertz CT molecular complexity index is 753. The van der Waals surface area contributed by atoms with Crippen LogP contribution in [0.5, 0.6) is 5.75 Å². The number of alkyl halides is 1. The number of fused-ring (bicyclic) bond motifs is 1. The molecule has 112 valence electrons. The van der Waals surface area contributed by atoms with Gasteiger partial charge in [-0.2, -0.15) is 0 Å². The third-order valence-electron chi connectivity index (χ3n) is 3.65. The molecule has 0 spiro atoms. The van der Waals surface area contributed by atoms with Gasteiger partial charge in [0.1, 0.15) is 5.75 Å². The Hall–Kier alpha value is -2.26. The van der Waals surface area contributed by atoms with Crippen LogP contribution in [0.2, 0.25) is 0 Å². The molecule has 0 fully saturated rings. The van der Waals surface area contributed by atoms with Gasteiger partial charge in [0, 0.05) is 22.7 Å². The summed E-state index contributed by atoms with van der Waals surface area (Å²) in [7, 11) is 1.63. The Morgan fingerprint density at radius 3 is 2.86 bits per heavy atom. The lowest BCUT2D eigenvalue weighted by molar-refractivity contribution is -0.110. The van der Waals surface area contributed by atoms with Gasteiger partial charge in [-0.3, -0.25) is 4.79 Å². The van der Waals surface area contributed by atoms with Gasteiger partial charge < -0.3 is 10.1 Å². The number of rotatable bonds is 4. The average Bonchev–Trinajstić information content (AvgIpc) is 2.84. The van der Waals surface area contributed by atoms with Crippen LogP contribution >= 0.6 is 11.6 Å². The van der Waals surface area contributed by atoms with Crippen LogP contribution in [-0.2, 0) is 11.2 Å². The van der Waals surface area contributed by atoms with Crippen molar-refractivity contribution in [1.82, 2.24) is 0 Å². The van der Waals surface area contributed by atoms with Gasteiger partial charge in [0.15, 0.2) is 0 Å². The summed E-state index contributed by atoms with van der Waals surface area (Å²) in [5, 5.41) is 2.89. The van der Waals surface area contributed by atoms with Crippen molar-refractivity contribution in [2.24, 2.45) is 0 Å². The van der Waals surface area contributed by atoms with Crippen LogP contribution in [0.3, 0.4) is 0 Å². The molecule has 1 aliphatic heterocycles. The minimum absolute atomic E-state index is 0.0826. The number of benzene rings is 2. The number of amides is 1. The molecule has 0 atom stereocenters. The van der Waals surface area contributed by atoms with Crippen molar-refractivity contribution in [2.75, 3.05) is 18.3 Å². The summed E-state index contributed by atoms with van der Waals surface area (Å²) in [6.45, 7) is 0. The maximum Gasteiger partial charge on any atom is 0.256 e. The summed E-state index contributed by atoms with van der Waals surface area (Å²) in [4.78, 5) is 12.2. The zero-order valence-corrected chi connectivity index (χ0v) is 13.0. The Kier molecular flexibility index (Phi) is 4.16. The van der Waals surface area contributed by atoms with Crippen molar-refractivity contribution in [3.63, 3.8) is 0 Å². The lowest BCUT2D eigenvalue weighted by Crippen LogP contribution is -2.03. The Morgan fingerprint density at radius 2 is 2.09 bits per heavy atom. The summed E-state index contributed by atoms with van der Waals surface area (Å²) in [6, 6.07) is 13.6. The topological polar surface area (TPSA) is 38.3 Å². The highest BCUT2D eigenvalue weighted by molar-refractivity contribution is 6.35. The Morgan fingerprint density at radius 1 is 1.23 bits per heavy atom.